The predicted molar refractivity (Wildman–Crippen MR) is 149 cm³/mol. The minimum atomic E-state index is -3.98. The number of likely N-dealkylation sites (N-methyl/N-ethyl adjacent to an activating group) is 1. The quantitative estimate of drug-likeness (QED) is 0.458. The van der Waals surface area contributed by atoms with Crippen LogP contribution in [0.2, 0.25) is 0 Å². The zero-order chi connectivity index (χ0) is 28.3. The molecule has 0 saturated carbocycles. The molecule has 10 heteroatoms. The topological polar surface area (TPSA) is 99.2 Å². The Morgan fingerprint density at radius 2 is 1.87 bits per heavy atom. The molecule has 0 aliphatic carbocycles. The van der Waals surface area contributed by atoms with Gasteiger partial charge in [0, 0.05) is 31.2 Å². The summed E-state index contributed by atoms with van der Waals surface area (Å²) in [6.07, 6.45) is -0.566. The Bertz CT molecular complexity index is 1430. The van der Waals surface area contributed by atoms with Crippen LogP contribution in [-0.2, 0) is 10.0 Å². The van der Waals surface area contributed by atoms with E-state index in [1.807, 2.05) is 38.1 Å². The van der Waals surface area contributed by atoms with Crippen molar-refractivity contribution >= 4 is 21.7 Å². The van der Waals surface area contributed by atoms with Crippen LogP contribution in [0.5, 0.6) is 5.75 Å². The lowest BCUT2D eigenvalue weighted by molar-refractivity contribution is 0.0830. The van der Waals surface area contributed by atoms with Gasteiger partial charge in [0.25, 0.3) is 0 Å². The van der Waals surface area contributed by atoms with Crippen molar-refractivity contribution in [2.24, 2.45) is 5.92 Å². The molecule has 0 fully saturated rings. The number of amides is 2. The molecule has 1 aliphatic heterocycles. The Hall–Kier alpha value is -3.47. The zero-order valence-electron chi connectivity index (χ0n) is 22.5. The van der Waals surface area contributed by atoms with E-state index in [1.54, 1.807) is 32.2 Å². The highest BCUT2D eigenvalue weighted by Crippen LogP contribution is 2.37. The Kier molecular flexibility index (Phi) is 8.58. The van der Waals surface area contributed by atoms with Gasteiger partial charge in [0.15, 0.2) is 0 Å². The molecule has 1 aliphatic rings. The first kappa shape index (κ1) is 28.5. The van der Waals surface area contributed by atoms with E-state index in [9.17, 15) is 22.7 Å². The molecule has 3 aromatic rings. The molecule has 3 atom stereocenters. The van der Waals surface area contributed by atoms with Crippen LogP contribution in [0.3, 0.4) is 0 Å². The largest absolute Gasteiger partial charge is 0.487 e. The number of aliphatic hydroxyl groups excluding tert-OH is 1. The van der Waals surface area contributed by atoms with Gasteiger partial charge in [0.1, 0.15) is 22.6 Å². The third-order valence-corrected chi connectivity index (χ3v) is 9.04. The SMILES string of the molecule is Cc1ccccc1-c1ccc2c(c1)O[C@H](CN(C)C(=O)Nc1ccc(F)cc1)[C@@H](C)CN([C@H](C)CO)S2(=O)=O. The molecule has 0 aromatic heterocycles. The number of rotatable bonds is 6. The van der Waals surface area contributed by atoms with Gasteiger partial charge in [-0.05, 0) is 66.9 Å². The monoisotopic (exact) mass is 555 g/mol. The molecule has 0 unspecified atom stereocenters. The average Bonchev–Trinajstić information content (AvgIpc) is 2.91. The number of nitrogens with one attached hydrogen (secondary N) is 1. The zero-order valence-corrected chi connectivity index (χ0v) is 23.3. The Balaban J connectivity index is 1.69. The number of sulfonamides is 1. The maximum atomic E-state index is 13.7. The van der Waals surface area contributed by atoms with Crippen LogP contribution < -0.4 is 10.1 Å². The number of benzene rings is 3. The Labute approximate surface area is 229 Å². The molecule has 208 valence electrons. The summed E-state index contributed by atoms with van der Waals surface area (Å²) in [7, 11) is -2.37. The van der Waals surface area contributed by atoms with Crippen LogP contribution in [0.4, 0.5) is 14.9 Å². The first-order valence-electron chi connectivity index (χ1n) is 12.8. The molecule has 0 bridgehead atoms. The first-order chi connectivity index (χ1) is 18.5. The minimum absolute atomic E-state index is 0.00968. The van der Waals surface area contributed by atoms with Gasteiger partial charge in [-0.2, -0.15) is 4.31 Å². The third-order valence-electron chi connectivity index (χ3n) is 7.02. The summed E-state index contributed by atoms with van der Waals surface area (Å²) < 4.78 is 48.4. The van der Waals surface area contributed by atoms with Crippen LogP contribution in [-0.4, -0.2) is 67.7 Å². The van der Waals surface area contributed by atoms with Crippen molar-refractivity contribution in [3.05, 3.63) is 78.1 Å². The summed E-state index contributed by atoms with van der Waals surface area (Å²) in [5.74, 6) is -0.543. The lowest BCUT2D eigenvalue weighted by Crippen LogP contribution is -2.50. The molecular formula is C29H34FN3O5S. The van der Waals surface area contributed by atoms with Gasteiger partial charge in [-0.25, -0.2) is 17.6 Å². The summed E-state index contributed by atoms with van der Waals surface area (Å²) in [6.45, 7) is 5.41. The highest BCUT2D eigenvalue weighted by atomic mass is 32.2. The Morgan fingerprint density at radius 3 is 2.54 bits per heavy atom. The predicted octanol–water partition coefficient (Wildman–Crippen LogP) is 4.73. The van der Waals surface area contributed by atoms with E-state index in [4.69, 9.17) is 4.74 Å². The number of urea groups is 1. The van der Waals surface area contributed by atoms with E-state index in [0.29, 0.717) is 5.69 Å². The fourth-order valence-corrected chi connectivity index (χ4v) is 6.44. The number of fused-ring (bicyclic) bond motifs is 1. The Morgan fingerprint density at radius 1 is 1.18 bits per heavy atom. The van der Waals surface area contributed by atoms with Crippen molar-refractivity contribution in [3.8, 4) is 16.9 Å². The summed E-state index contributed by atoms with van der Waals surface area (Å²) in [5, 5.41) is 12.6. The fourth-order valence-electron chi connectivity index (χ4n) is 4.61. The molecular weight excluding hydrogens is 521 g/mol. The van der Waals surface area contributed by atoms with E-state index < -0.39 is 34.0 Å². The maximum Gasteiger partial charge on any atom is 0.321 e. The average molecular weight is 556 g/mol. The van der Waals surface area contributed by atoms with Crippen molar-refractivity contribution in [2.45, 2.75) is 37.8 Å². The second kappa shape index (κ2) is 11.7. The van der Waals surface area contributed by atoms with Gasteiger partial charge < -0.3 is 20.1 Å². The molecule has 2 amide bonds. The summed E-state index contributed by atoms with van der Waals surface area (Å²) in [4.78, 5) is 14.4. The standard InChI is InChI=1S/C29H34FN3O5S/c1-19-7-5-6-8-25(19)22-9-14-28-26(15-22)38-27(20(2)16-33(21(3)18-34)39(28,36)37)17-32(4)29(35)31-24-12-10-23(30)11-13-24/h5-15,20-21,27,34H,16-18H2,1-4H3,(H,31,35)/t20-,21+,27+/m0/s1. The molecule has 39 heavy (non-hydrogen) atoms. The van der Waals surface area contributed by atoms with E-state index in [2.05, 4.69) is 5.32 Å². The van der Waals surface area contributed by atoms with Gasteiger partial charge in [0.2, 0.25) is 10.0 Å². The number of carbonyl (C=O) groups is 1. The van der Waals surface area contributed by atoms with Crippen LogP contribution in [0.25, 0.3) is 11.1 Å². The smallest absolute Gasteiger partial charge is 0.321 e. The summed E-state index contributed by atoms with van der Waals surface area (Å²) in [5.41, 5.74) is 3.23. The van der Waals surface area contributed by atoms with Crippen molar-refractivity contribution in [2.75, 3.05) is 32.1 Å². The number of anilines is 1. The third kappa shape index (κ3) is 6.24. The molecule has 8 nitrogen and oxygen atoms in total. The van der Waals surface area contributed by atoms with Crippen molar-refractivity contribution in [1.29, 1.82) is 0 Å². The highest BCUT2D eigenvalue weighted by molar-refractivity contribution is 7.89. The van der Waals surface area contributed by atoms with Crippen LogP contribution in [0.1, 0.15) is 19.4 Å². The molecule has 0 saturated heterocycles. The first-order valence-corrected chi connectivity index (χ1v) is 14.2. The van der Waals surface area contributed by atoms with Crippen LogP contribution in [0.15, 0.2) is 71.6 Å². The fraction of sp³-hybridized carbons (Fsp3) is 0.345. The number of aryl methyl sites for hydroxylation is 1. The van der Waals surface area contributed by atoms with Crippen molar-refractivity contribution < 1.29 is 27.4 Å². The number of carbonyl (C=O) groups excluding carboxylic acids is 1. The second-order valence-electron chi connectivity index (χ2n) is 10.0. The van der Waals surface area contributed by atoms with E-state index in [1.165, 1.54) is 33.5 Å². The molecule has 0 spiro atoms. The maximum absolute atomic E-state index is 13.7. The summed E-state index contributed by atoms with van der Waals surface area (Å²) >= 11 is 0. The van der Waals surface area contributed by atoms with E-state index in [-0.39, 0.29) is 36.3 Å². The minimum Gasteiger partial charge on any atom is -0.487 e. The number of nitrogens with zero attached hydrogens (tertiary/aromatic N) is 2. The van der Waals surface area contributed by atoms with Crippen molar-refractivity contribution in [3.63, 3.8) is 0 Å². The molecule has 0 radical (unpaired) electrons. The lowest BCUT2D eigenvalue weighted by atomic mass is 10.00. The number of hydrogen-bond donors (Lipinski definition) is 2. The van der Waals surface area contributed by atoms with E-state index >= 15 is 0 Å². The number of aliphatic hydroxyl groups is 1. The van der Waals surface area contributed by atoms with Crippen LogP contribution in [0, 0.1) is 18.7 Å². The second-order valence-corrected chi connectivity index (χ2v) is 11.9. The number of hydrogen-bond acceptors (Lipinski definition) is 5. The van der Waals surface area contributed by atoms with Gasteiger partial charge >= 0.3 is 6.03 Å². The van der Waals surface area contributed by atoms with Crippen LogP contribution >= 0.6 is 0 Å². The summed E-state index contributed by atoms with van der Waals surface area (Å²) in [6, 6.07) is 17.2. The normalized spacial score (nSPS) is 19.6. The lowest BCUT2D eigenvalue weighted by Gasteiger charge is -2.37. The highest BCUT2D eigenvalue weighted by Gasteiger charge is 2.38. The van der Waals surface area contributed by atoms with Gasteiger partial charge in [0.05, 0.1) is 13.2 Å². The number of halogens is 1. The molecule has 3 aromatic carbocycles. The van der Waals surface area contributed by atoms with Gasteiger partial charge in [-0.1, -0.05) is 37.3 Å². The van der Waals surface area contributed by atoms with E-state index in [0.717, 1.165) is 16.7 Å². The molecule has 1 heterocycles. The van der Waals surface area contributed by atoms with Gasteiger partial charge in [-0.3, -0.25) is 0 Å². The molecule has 2 N–H and O–H groups in total. The van der Waals surface area contributed by atoms with Crippen molar-refractivity contribution in [1.82, 2.24) is 9.21 Å². The number of ether oxygens (including phenoxy) is 1. The molecule has 4 rings (SSSR count). The van der Waals surface area contributed by atoms with Gasteiger partial charge in [-0.15, -0.1) is 0 Å².